The molecule has 1 amide bonds. The highest BCUT2D eigenvalue weighted by molar-refractivity contribution is 14.0. The Morgan fingerprint density at radius 2 is 2.00 bits per heavy atom. The molecule has 1 N–H and O–H groups in total. The van der Waals surface area contributed by atoms with E-state index in [2.05, 4.69) is 15.4 Å². The number of halogens is 3. The number of hydrogen-bond acceptors (Lipinski definition) is 3. The highest BCUT2D eigenvalue weighted by Crippen LogP contribution is 2.43. The number of carbonyl (C=O) groups excluding carboxylic acids is 1. The van der Waals surface area contributed by atoms with Crippen molar-refractivity contribution in [3.63, 3.8) is 0 Å². The minimum atomic E-state index is -0.524. The van der Waals surface area contributed by atoms with E-state index >= 15 is 0 Å². The Morgan fingerprint density at radius 1 is 1.28 bits per heavy atom. The van der Waals surface area contributed by atoms with Gasteiger partial charge in [-0.05, 0) is 18.6 Å². The number of amides is 1. The summed E-state index contributed by atoms with van der Waals surface area (Å²) < 4.78 is 29.6. The summed E-state index contributed by atoms with van der Waals surface area (Å²) in [6, 6.07) is 3.82. The molecule has 156 valence electrons. The standard InChI is InChI=1S/C19H22F2N6O.HI/c1-22-19(24-16-8-13(16)18-14(20)4-3-5-15(18)21)26-6-7-27(17(28)11-26)12-9-23-25(2)10-12;/h3-5,9-10,13,16H,6-8,11H2,1-2H3,(H,22,24);1H. The minimum absolute atomic E-state index is 0. The molecule has 7 nitrogen and oxygen atoms in total. The lowest BCUT2D eigenvalue weighted by Gasteiger charge is -2.35. The smallest absolute Gasteiger partial charge is 0.246 e. The molecule has 1 saturated heterocycles. The Bertz CT molecular complexity index is 913. The fraction of sp³-hybridized carbons (Fsp3) is 0.421. The Morgan fingerprint density at radius 3 is 2.59 bits per heavy atom. The van der Waals surface area contributed by atoms with E-state index in [4.69, 9.17) is 0 Å². The molecule has 1 aromatic carbocycles. The number of carbonyl (C=O) groups is 1. The molecule has 1 aliphatic heterocycles. The molecular weight excluding hydrogens is 493 g/mol. The van der Waals surface area contributed by atoms with Gasteiger partial charge in [0.2, 0.25) is 5.91 Å². The molecule has 2 aromatic rings. The van der Waals surface area contributed by atoms with E-state index in [0.717, 1.165) is 5.69 Å². The third-order valence-electron chi connectivity index (χ3n) is 5.21. The molecule has 1 saturated carbocycles. The van der Waals surface area contributed by atoms with E-state index in [0.29, 0.717) is 25.5 Å². The third-order valence-corrected chi connectivity index (χ3v) is 5.21. The summed E-state index contributed by atoms with van der Waals surface area (Å²) in [7, 11) is 3.45. The zero-order chi connectivity index (χ0) is 19.8. The topological polar surface area (TPSA) is 65.8 Å². The van der Waals surface area contributed by atoms with Crippen molar-refractivity contribution in [2.45, 2.75) is 18.4 Å². The van der Waals surface area contributed by atoms with E-state index in [-0.39, 0.29) is 54.0 Å². The quantitative estimate of drug-likeness (QED) is 0.386. The van der Waals surface area contributed by atoms with Crippen LogP contribution in [0.4, 0.5) is 14.5 Å². The number of benzene rings is 1. The van der Waals surface area contributed by atoms with Crippen molar-refractivity contribution in [1.82, 2.24) is 20.0 Å². The molecule has 0 spiro atoms. The van der Waals surface area contributed by atoms with E-state index < -0.39 is 11.6 Å². The van der Waals surface area contributed by atoms with Crippen LogP contribution < -0.4 is 10.2 Å². The highest BCUT2D eigenvalue weighted by Gasteiger charge is 2.43. The van der Waals surface area contributed by atoms with Crippen LogP contribution in [0.1, 0.15) is 17.9 Å². The first-order valence-electron chi connectivity index (χ1n) is 9.19. The summed E-state index contributed by atoms with van der Waals surface area (Å²) in [6.45, 7) is 1.30. The first kappa shape index (κ1) is 21.5. The van der Waals surface area contributed by atoms with Gasteiger partial charge in [-0.2, -0.15) is 5.10 Å². The SMILES string of the molecule is CN=C(NC1CC1c1c(F)cccc1F)N1CCN(c2cnn(C)c2)C(=O)C1.I. The number of piperazine rings is 1. The minimum Gasteiger partial charge on any atom is -0.353 e. The van der Waals surface area contributed by atoms with Gasteiger partial charge in [0.25, 0.3) is 0 Å². The van der Waals surface area contributed by atoms with Crippen molar-refractivity contribution in [3.8, 4) is 0 Å². The van der Waals surface area contributed by atoms with Crippen LogP contribution in [0.2, 0.25) is 0 Å². The van der Waals surface area contributed by atoms with Crippen LogP contribution in [0.3, 0.4) is 0 Å². The van der Waals surface area contributed by atoms with E-state index in [1.54, 1.807) is 36.1 Å². The van der Waals surface area contributed by atoms with Crippen LogP contribution in [0, 0.1) is 11.6 Å². The lowest BCUT2D eigenvalue weighted by atomic mass is 10.1. The van der Waals surface area contributed by atoms with Crippen molar-refractivity contribution < 1.29 is 13.6 Å². The van der Waals surface area contributed by atoms with Gasteiger partial charge in [0.1, 0.15) is 18.2 Å². The second-order valence-corrected chi connectivity index (χ2v) is 7.11. The maximum absolute atomic E-state index is 14.0. The number of rotatable bonds is 3. The first-order chi connectivity index (χ1) is 13.5. The number of guanidine groups is 1. The number of hydrogen-bond donors (Lipinski definition) is 1. The third kappa shape index (κ3) is 4.36. The fourth-order valence-corrected chi connectivity index (χ4v) is 3.68. The Hall–Kier alpha value is -2.24. The maximum atomic E-state index is 14.0. The van der Waals surface area contributed by atoms with Gasteiger partial charge in [-0.15, -0.1) is 24.0 Å². The Kier molecular flexibility index (Phi) is 6.39. The number of nitrogens with one attached hydrogen (secondary N) is 1. The van der Waals surface area contributed by atoms with Crippen molar-refractivity contribution in [1.29, 1.82) is 0 Å². The predicted molar refractivity (Wildman–Crippen MR) is 117 cm³/mol. The van der Waals surface area contributed by atoms with Crippen molar-refractivity contribution in [3.05, 3.63) is 47.8 Å². The van der Waals surface area contributed by atoms with Gasteiger partial charge in [0, 0.05) is 50.9 Å². The largest absolute Gasteiger partial charge is 0.353 e. The molecule has 0 bridgehead atoms. The molecule has 29 heavy (non-hydrogen) atoms. The number of aryl methyl sites for hydroxylation is 1. The molecule has 10 heteroatoms. The van der Waals surface area contributed by atoms with E-state index in [9.17, 15) is 13.6 Å². The average Bonchev–Trinajstić information content (AvgIpc) is 3.28. The molecule has 2 heterocycles. The van der Waals surface area contributed by atoms with Gasteiger partial charge in [-0.25, -0.2) is 8.78 Å². The summed E-state index contributed by atoms with van der Waals surface area (Å²) in [5.74, 6) is -0.752. The van der Waals surface area contributed by atoms with Gasteiger partial charge in [0.15, 0.2) is 5.96 Å². The van der Waals surface area contributed by atoms with E-state index in [1.165, 1.54) is 18.2 Å². The maximum Gasteiger partial charge on any atom is 0.246 e. The fourth-order valence-electron chi connectivity index (χ4n) is 3.68. The summed E-state index contributed by atoms with van der Waals surface area (Å²) in [5, 5.41) is 7.36. The highest BCUT2D eigenvalue weighted by atomic mass is 127. The number of aliphatic imine (C=N–C) groups is 1. The summed E-state index contributed by atoms with van der Waals surface area (Å²) in [4.78, 5) is 20.4. The van der Waals surface area contributed by atoms with Crippen molar-refractivity contribution in [2.24, 2.45) is 12.0 Å². The van der Waals surface area contributed by atoms with Gasteiger partial charge >= 0.3 is 0 Å². The summed E-state index contributed by atoms with van der Waals surface area (Å²) in [6.07, 6.45) is 4.09. The van der Waals surface area contributed by atoms with E-state index in [1.807, 2.05) is 4.90 Å². The summed E-state index contributed by atoms with van der Waals surface area (Å²) >= 11 is 0. The van der Waals surface area contributed by atoms with Gasteiger partial charge in [-0.3, -0.25) is 14.5 Å². The first-order valence-corrected chi connectivity index (χ1v) is 9.19. The van der Waals surface area contributed by atoms with Gasteiger partial charge in [0.05, 0.1) is 11.9 Å². The number of nitrogens with zero attached hydrogens (tertiary/aromatic N) is 5. The van der Waals surface area contributed by atoms with Crippen LogP contribution in [0.15, 0.2) is 35.6 Å². The van der Waals surface area contributed by atoms with Gasteiger partial charge < -0.3 is 15.1 Å². The van der Waals surface area contributed by atoms with Crippen LogP contribution >= 0.6 is 24.0 Å². The molecule has 1 aliphatic carbocycles. The van der Waals surface area contributed by atoms with Crippen LogP contribution in [-0.4, -0.2) is 59.3 Å². The monoisotopic (exact) mass is 516 g/mol. The second-order valence-electron chi connectivity index (χ2n) is 7.11. The van der Waals surface area contributed by atoms with Crippen molar-refractivity contribution in [2.75, 3.05) is 31.6 Å². The lowest BCUT2D eigenvalue weighted by Crippen LogP contribution is -2.55. The second kappa shape index (κ2) is 8.64. The number of aromatic nitrogens is 2. The zero-order valence-corrected chi connectivity index (χ0v) is 18.5. The van der Waals surface area contributed by atoms with Gasteiger partial charge in [-0.1, -0.05) is 6.07 Å². The molecule has 1 aromatic heterocycles. The Balaban J connectivity index is 0.00000240. The lowest BCUT2D eigenvalue weighted by molar-refractivity contribution is -0.120. The Labute approximate surface area is 184 Å². The van der Waals surface area contributed by atoms with Crippen LogP contribution in [0.25, 0.3) is 0 Å². The molecular formula is C19H23F2IN6O. The molecule has 4 rings (SSSR count). The predicted octanol–water partition coefficient (Wildman–Crippen LogP) is 2.10. The molecule has 2 atom stereocenters. The molecule has 2 aliphatic rings. The normalized spacial score (nSPS) is 21.8. The summed E-state index contributed by atoms with van der Waals surface area (Å²) in [5.41, 5.74) is 0.889. The molecule has 2 fully saturated rings. The molecule has 0 radical (unpaired) electrons. The van der Waals surface area contributed by atoms with Crippen LogP contribution in [-0.2, 0) is 11.8 Å². The number of anilines is 1. The van der Waals surface area contributed by atoms with Crippen molar-refractivity contribution >= 4 is 41.5 Å². The zero-order valence-electron chi connectivity index (χ0n) is 16.2. The average molecular weight is 516 g/mol. The van der Waals surface area contributed by atoms with Crippen LogP contribution in [0.5, 0.6) is 0 Å². The molecule has 2 unspecified atom stereocenters.